The third kappa shape index (κ3) is 6.29. The molecule has 0 saturated carbocycles. The first-order valence-electron chi connectivity index (χ1n) is 10.2. The zero-order valence-corrected chi connectivity index (χ0v) is 20.3. The lowest BCUT2D eigenvalue weighted by atomic mass is 10.1. The molecule has 0 heterocycles. The summed E-state index contributed by atoms with van der Waals surface area (Å²) in [7, 11) is 1.51. The van der Waals surface area contributed by atoms with Gasteiger partial charge >= 0.3 is 17.8 Å². The summed E-state index contributed by atoms with van der Waals surface area (Å²) < 4.78 is 11.5. The molecule has 0 aromatic heterocycles. The topological polar surface area (TPSA) is 106 Å². The molecule has 3 aromatic rings. The molecule has 0 bridgehead atoms. The maximum Gasteiger partial charge on any atom is 0.343 e. The van der Waals surface area contributed by atoms with Crippen molar-refractivity contribution in [3.05, 3.63) is 87.9 Å². The molecule has 3 aromatic carbocycles. The van der Waals surface area contributed by atoms with Gasteiger partial charge in [0.15, 0.2) is 0 Å². The second kappa shape index (κ2) is 11.2. The number of anilines is 1. The quantitative estimate of drug-likeness (QED) is 0.163. The number of aryl methyl sites for hydroxylation is 1. The minimum absolute atomic E-state index is 0.251. The number of nitrogens with zero attached hydrogens (tertiary/aromatic N) is 1. The predicted octanol–water partition coefficient (Wildman–Crippen LogP) is 4.46. The molecule has 2 N–H and O–H groups in total. The van der Waals surface area contributed by atoms with Crippen molar-refractivity contribution in [3.8, 4) is 11.5 Å². The lowest BCUT2D eigenvalue weighted by Crippen LogP contribution is -2.33. The summed E-state index contributed by atoms with van der Waals surface area (Å²) in [5.41, 5.74) is 4.67. The number of hydrogen-bond donors (Lipinski definition) is 2. The fourth-order valence-corrected chi connectivity index (χ4v) is 3.43. The lowest BCUT2D eigenvalue weighted by molar-refractivity contribution is -0.136. The van der Waals surface area contributed by atoms with Crippen molar-refractivity contribution in [2.24, 2.45) is 5.10 Å². The molecule has 34 heavy (non-hydrogen) atoms. The van der Waals surface area contributed by atoms with Crippen molar-refractivity contribution in [1.29, 1.82) is 0 Å². The number of para-hydroxylation sites is 1. The maximum absolute atomic E-state index is 12.6. The van der Waals surface area contributed by atoms with Crippen LogP contribution < -0.4 is 20.2 Å². The van der Waals surface area contributed by atoms with Gasteiger partial charge in [-0.1, -0.05) is 34.1 Å². The number of methoxy groups -OCH3 is 1. The van der Waals surface area contributed by atoms with Crippen molar-refractivity contribution in [3.63, 3.8) is 0 Å². The summed E-state index contributed by atoms with van der Waals surface area (Å²) in [6.07, 6.45) is 0. The van der Waals surface area contributed by atoms with Gasteiger partial charge in [-0.15, -0.1) is 0 Å². The van der Waals surface area contributed by atoms with Crippen molar-refractivity contribution < 1.29 is 23.9 Å². The van der Waals surface area contributed by atoms with Gasteiger partial charge in [0, 0.05) is 15.7 Å². The molecule has 0 fully saturated rings. The molecule has 0 radical (unpaired) electrons. The van der Waals surface area contributed by atoms with Crippen molar-refractivity contribution in [2.75, 3.05) is 12.4 Å². The lowest BCUT2D eigenvalue weighted by Gasteiger charge is -2.11. The van der Waals surface area contributed by atoms with Crippen LogP contribution in [0.1, 0.15) is 28.4 Å². The third-order valence-corrected chi connectivity index (χ3v) is 5.25. The zero-order chi connectivity index (χ0) is 24.7. The molecule has 174 valence electrons. The number of hydrazone groups is 1. The summed E-state index contributed by atoms with van der Waals surface area (Å²) in [5.74, 6) is -1.60. The number of benzene rings is 3. The van der Waals surface area contributed by atoms with E-state index < -0.39 is 17.8 Å². The Morgan fingerprint density at radius 2 is 1.71 bits per heavy atom. The van der Waals surface area contributed by atoms with Gasteiger partial charge in [-0.2, -0.15) is 5.10 Å². The molecule has 0 saturated heterocycles. The van der Waals surface area contributed by atoms with Crippen LogP contribution in [-0.4, -0.2) is 30.6 Å². The first kappa shape index (κ1) is 24.7. The summed E-state index contributed by atoms with van der Waals surface area (Å²) in [5, 5.41) is 6.54. The highest BCUT2D eigenvalue weighted by Gasteiger charge is 2.16. The van der Waals surface area contributed by atoms with E-state index in [1.54, 1.807) is 67.6 Å². The first-order valence-corrected chi connectivity index (χ1v) is 10.9. The van der Waals surface area contributed by atoms with E-state index in [4.69, 9.17) is 9.47 Å². The molecule has 0 unspecified atom stereocenters. The molecule has 2 amide bonds. The number of rotatable bonds is 6. The average Bonchev–Trinajstić information content (AvgIpc) is 2.84. The number of amides is 2. The van der Waals surface area contributed by atoms with E-state index in [-0.39, 0.29) is 5.75 Å². The van der Waals surface area contributed by atoms with Gasteiger partial charge < -0.3 is 14.8 Å². The highest BCUT2D eigenvalue weighted by atomic mass is 79.9. The summed E-state index contributed by atoms with van der Waals surface area (Å²) in [6.45, 7) is 3.43. The second-order valence-electron chi connectivity index (χ2n) is 7.17. The van der Waals surface area contributed by atoms with Crippen LogP contribution in [0.25, 0.3) is 0 Å². The Kier molecular flexibility index (Phi) is 8.15. The van der Waals surface area contributed by atoms with Gasteiger partial charge in [0.1, 0.15) is 11.5 Å². The van der Waals surface area contributed by atoms with Crippen molar-refractivity contribution in [1.82, 2.24) is 5.43 Å². The van der Waals surface area contributed by atoms with Crippen LogP contribution in [0.15, 0.2) is 76.3 Å². The van der Waals surface area contributed by atoms with Crippen molar-refractivity contribution >= 4 is 45.1 Å². The molecule has 3 rings (SSSR count). The minimum atomic E-state index is -0.937. The van der Waals surface area contributed by atoms with E-state index in [2.05, 4.69) is 31.8 Å². The Morgan fingerprint density at radius 1 is 0.941 bits per heavy atom. The smallest absolute Gasteiger partial charge is 0.343 e. The number of ether oxygens (including phenoxy) is 2. The van der Waals surface area contributed by atoms with Crippen LogP contribution >= 0.6 is 15.9 Å². The predicted molar refractivity (Wildman–Crippen MR) is 132 cm³/mol. The number of nitrogens with one attached hydrogen (secondary N) is 2. The Labute approximate surface area is 205 Å². The Balaban J connectivity index is 1.70. The Bertz CT molecular complexity index is 1270. The molecular formula is C25H22BrN3O5. The molecule has 0 aliphatic carbocycles. The fraction of sp³-hybridized carbons (Fsp3) is 0.120. The van der Waals surface area contributed by atoms with E-state index in [0.29, 0.717) is 28.3 Å². The summed E-state index contributed by atoms with van der Waals surface area (Å²) >= 11 is 3.35. The Morgan fingerprint density at radius 3 is 2.44 bits per heavy atom. The van der Waals surface area contributed by atoms with E-state index in [0.717, 1.165) is 10.0 Å². The van der Waals surface area contributed by atoms with E-state index in [9.17, 15) is 14.4 Å². The van der Waals surface area contributed by atoms with Gasteiger partial charge in [-0.3, -0.25) is 9.59 Å². The summed E-state index contributed by atoms with van der Waals surface area (Å²) in [6, 6.07) is 18.6. The number of halogens is 1. The van der Waals surface area contributed by atoms with Crippen LogP contribution in [0.3, 0.4) is 0 Å². The normalized spacial score (nSPS) is 10.9. The highest BCUT2D eigenvalue weighted by molar-refractivity contribution is 9.10. The zero-order valence-electron chi connectivity index (χ0n) is 18.7. The van der Waals surface area contributed by atoms with E-state index >= 15 is 0 Å². The van der Waals surface area contributed by atoms with Crippen LogP contribution in [0.5, 0.6) is 11.5 Å². The molecule has 0 atom stereocenters. The van der Waals surface area contributed by atoms with Gasteiger partial charge in [0.2, 0.25) is 0 Å². The standard InChI is InChI=1S/C25H22BrN3O5/c1-15-13-18(26)11-12-21(15)27-23(30)24(31)29-28-16(2)20-9-4-5-10-22(20)34-25(32)17-7-6-8-19(14-17)33-3/h4-14H,1-3H3,(H,27,30)(H,29,31)/b28-16+. The third-order valence-electron chi connectivity index (χ3n) is 4.75. The molecule has 9 heteroatoms. The highest BCUT2D eigenvalue weighted by Crippen LogP contribution is 2.22. The maximum atomic E-state index is 12.6. The van der Waals surface area contributed by atoms with Gasteiger partial charge in [-0.25, -0.2) is 10.2 Å². The largest absolute Gasteiger partial charge is 0.497 e. The molecule has 0 aliphatic heterocycles. The molecule has 0 aliphatic rings. The number of carbonyl (C=O) groups is 3. The molecule has 0 spiro atoms. The minimum Gasteiger partial charge on any atom is -0.497 e. The SMILES string of the molecule is COc1cccc(C(=O)Oc2ccccc2/C(C)=N/NC(=O)C(=O)Nc2ccc(Br)cc2C)c1. The van der Waals surface area contributed by atoms with Crippen LogP contribution in [0, 0.1) is 6.92 Å². The van der Waals surface area contributed by atoms with Crippen molar-refractivity contribution in [2.45, 2.75) is 13.8 Å². The number of hydrogen-bond acceptors (Lipinski definition) is 6. The molecular weight excluding hydrogens is 502 g/mol. The fourth-order valence-electron chi connectivity index (χ4n) is 2.96. The number of carbonyl (C=O) groups excluding carboxylic acids is 3. The van der Waals surface area contributed by atoms with E-state index in [1.807, 2.05) is 13.0 Å². The van der Waals surface area contributed by atoms with Gasteiger partial charge in [0.05, 0.1) is 18.4 Å². The number of esters is 1. The van der Waals surface area contributed by atoms with Crippen LogP contribution in [0.2, 0.25) is 0 Å². The molecule has 8 nitrogen and oxygen atoms in total. The monoisotopic (exact) mass is 523 g/mol. The Hall–Kier alpha value is -3.98. The van der Waals surface area contributed by atoms with Crippen LogP contribution in [0.4, 0.5) is 5.69 Å². The van der Waals surface area contributed by atoms with Gasteiger partial charge in [-0.05, 0) is 67.9 Å². The first-order chi connectivity index (χ1) is 16.3. The second-order valence-corrected chi connectivity index (χ2v) is 8.08. The van der Waals surface area contributed by atoms with Crippen LogP contribution in [-0.2, 0) is 9.59 Å². The summed E-state index contributed by atoms with van der Waals surface area (Å²) in [4.78, 5) is 37.1. The van der Waals surface area contributed by atoms with E-state index in [1.165, 1.54) is 7.11 Å². The average molecular weight is 524 g/mol. The van der Waals surface area contributed by atoms with Gasteiger partial charge in [0.25, 0.3) is 0 Å².